The van der Waals surface area contributed by atoms with Crippen molar-refractivity contribution in [3.8, 4) is 0 Å². The van der Waals surface area contributed by atoms with Gasteiger partial charge in [-0.05, 0) is 36.6 Å². The minimum Gasteiger partial charge on any atom is -0.377 e. The van der Waals surface area contributed by atoms with Crippen molar-refractivity contribution in [3.63, 3.8) is 0 Å². The summed E-state index contributed by atoms with van der Waals surface area (Å²) < 4.78 is 33.3. The summed E-state index contributed by atoms with van der Waals surface area (Å²) in [5.74, 6) is -0.925. The van der Waals surface area contributed by atoms with Crippen molar-refractivity contribution in [2.24, 2.45) is 5.73 Å². The Morgan fingerprint density at radius 2 is 2.08 bits per heavy atom. The Morgan fingerprint density at radius 3 is 2.83 bits per heavy atom. The lowest BCUT2D eigenvalue weighted by atomic mass is 9.93. The monoisotopic (exact) mass is 335 g/mol. The molecule has 3 aliphatic heterocycles. The Bertz CT molecular complexity index is 678. The van der Waals surface area contributed by atoms with E-state index in [9.17, 15) is 8.78 Å². The zero-order chi connectivity index (χ0) is 16.8. The van der Waals surface area contributed by atoms with Gasteiger partial charge in [0.1, 0.15) is 17.7 Å². The van der Waals surface area contributed by atoms with Crippen molar-refractivity contribution in [3.05, 3.63) is 46.7 Å². The summed E-state index contributed by atoms with van der Waals surface area (Å²) in [6.45, 7) is 3.52. The van der Waals surface area contributed by atoms with Gasteiger partial charge < -0.3 is 15.4 Å². The quantitative estimate of drug-likeness (QED) is 0.898. The molecule has 0 spiro atoms. The lowest BCUT2D eigenvalue weighted by Gasteiger charge is -2.39. The Morgan fingerprint density at radius 1 is 1.25 bits per heavy atom. The first-order chi connectivity index (χ1) is 11.5. The second-order valence-electron chi connectivity index (χ2n) is 7.10. The number of halogens is 2. The van der Waals surface area contributed by atoms with Crippen molar-refractivity contribution in [1.29, 1.82) is 0 Å². The van der Waals surface area contributed by atoms with E-state index < -0.39 is 17.7 Å². The van der Waals surface area contributed by atoms with Crippen LogP contribution in [-0.2, 0) is 4.74 Å². The molecule has 3 aliphatic rings. The van der Waals surface area contributed by atoms with Crippen molar-refractivity contribution in [2.75, 3.05) is 33.3 Å². The molecule has 0 saturated carbocycles. The SMILES string of the molecule is CN1CCC2=C1CN(C1COC(c3cc(F)ccc3F)C(N)C1)C2. The molecule has 4 nitrogen and oxygen atoms in total. The average Bonchev–Trinajstić information content (AvgIpc) is 3.12. The highest BCUT2D eigenvalue weighted by molar-refractivity contribution is 5.27. The van der Waals surface area contributed by atoms with E-state index in [1.807, 2.05) is 0 Å². The number of rotatable bonds is 2. The van der Waals surface area contributed by atoms with Crippen LogP contribution < -0.4 is 5.73 Å². The number of likely N-dealkylation sites (N-methyl/N-ethyl adjacent to an activating group) is 1. The van der Waals surface area contributed by atoms with E-state index in [0.717, 1.165) is 44.6 Å². The number of benzene rings is 1. The molecule has 0 aromatic heterocycles. The summed E-state index contributed by atoms with van der Waals surface area (Å²) in [5, 5.41) is 0. The third-order valence-electron chi connectivity index (χ3n) is 5.55. The third kappa shape index (κ3) is 2.72. The largest absolute Gasteiger partial charge is 0.377 e. The van der Waals surface area contributed by atoms with Gasteiger partial charge in [-0.1, -0.05) is 0 Å². The van der Waals surface area contributed by atoms with Gasteiger partial charge in [-0.3, -0.25) is 4.90 Å². The highest BCUT2D eigenvalue weighted by atomic mass is 19.1. The number of ether oxygens (including phenoxy) is 1. The summed E-state index contributed by atoms with van der Waals surface area (Å²) in [7, 11) is 2.14. The molecule has 1 aromatic rings. The van der Waals surface area contributed by atoms with E-state index >= 15 is 0 Å². The lowest BCUT2D eigenvalue weighted by Crippen LogP contribution is -2.49. The summed E-state index contributed by atoms with van der Waals surface area (Å²) in [4.78, 5) is 4.72. The smallest absolute Gasteiger partial charge is 0.129 e. The van der Waals surface area contributed by atoms with Gasteiger partial charge >= 0.3 is 0 Å². The van der Waals surface area contributed by atoms with Gasteiger partial charge in [0, 0.05) is 50.0 Å². The first-order valence-electron chi connectivity index (χ1n) is 8.51. The molecule has 1 aromatic carbocycles. The van der Waals surface area contributed by atoms with Crippen molar-refractivity contribution in [1.82, 2.24) is 9.80 Å². The second kappa shape index (κ2) is 6.10. The first kappa shape index (κ1) is 16.0. The zero-order valence-corrected chi connectivity index (χ0v) is 13.8. The van der Waals surface area contributed by atoms with E-state index in [-0.39, 0.29) is 17.6 Å². The molecular formula is C18H23F2N3O. The predicted molar refractivity (Wildman–Crippen MR) is 87.3 cm³/mol. The molecule has 1 saturated heterocycles. The Labute approximate surface area is 140 Å². The predicted octanol–water partition coefficient (Wildman–Crippen LogP) is 2.03. The van der Waals surface area contributed by atoms with Crippen LogP contribution in [0.3, 0.4) is 0 Å². The summed E-state index contributed by atoms with van der Waals surface area (Å²) >= 11 is 0. The number of hydrogen-bond acceptors (Lipinski definition) is 4. The van der Waals surface area contributed by atoms with Gasteiger partial charge in [0.05, 0.1) is 6.61 Å². The van der Waals surface area contributed by atoms with Gasteiger partial charge in [0.25, 0.3) is 0 Å². The van der Waals surface area contributed by atoms with E-state index in [1.165, 1.54) is 17.3 Å². The van der Waals surface area contributed by atoms with Crippen LogP contribution in [0.4, 0.5) is 8.78 Å². The maximum atomic E-state index is 14.0. The van der Waals surface area contributed by atoms with E-state index in [4.69, 9.17) is 10.5 Å². The molecule has 6 heteroatoms. The van der Waals surface area contributed by atoms with Crippen LogP contribution in [0.15, 0.2) is 29.5 Å². The van der Waals surface area contributed by atoms with E-state index in [1.54, 1.807) is 0 Å². The van der Waals surface area contributed by atoms with Crippen LogP contribution in [-0.4, -0.2) is 55.2 Å². The fraction of sp³-hybridized carbons (Fsp3) is 0.556. The fourth-order valence-electron chi connectivity index (χ4n) is 4.16. The van der Waals surface area contributed by atoms with Crippen molar-refractivity contribution < 1.29 is 13.5 Å². The minimum absolute atomic E-state index is 0.225. The molecule has 0 amide bonds. The Hall–Kier alpha value is -1.50. The van der Waals surface area contributed by atoms with Crippen molar-refractivity contribution >= 4 is 0 Å². The molecule has 0 radical (unpaired) electrons. The zero-order valence-electron chi connectivity index (χ0n) is 13.8. The van der Waals surface area contributed by atoms with Crippen LogP contribution in [0.2, 0.25) is 0 Å². The molecule has 130 valence electrons. The summed E-state index contributed by atoms with van der Waals surface area (Å²) in [5.41, 5.74) is 9.44. The van der Waals surface area contributed by atoms with Crippen LogP contribution in [0.5, 0.6) is 0 Å². The highest BCUT2D eigenvalue weighted by Crippen LogP contribution is 2.35. The van der Waals surface area contributed by atoms with Crippen molar-refractivity contribution in [2.45, 2.75) is 31.0 Å². The Balaban J connectivity index is 1.43. The molecule has 2 N–H and O–H groups in total. The van der Waals surface area contributed by atoms with Crippen LogP contribution in [0, 0.1) is 11.6 Å². The normalized spacial score (nSPS) is 31.0. The third-order valence-corrected chi connectivity index (χ3v) is 5.55. The highest BCUT2D eigenvalue weighted by Gasteiger charge is 2.38. The van der Waals surface area contributed by atoms with Gasteiger partial charge in [0.15, 0.2) is 0 Å². The average molecular weight is 335 g/mol. The second-order valence-corrected chi connectivity index (χ2v) is 7.10. The minimum atomic E-state index is -0.581. The van der Waals surface area contributed by atoms with Gasteiger partial charge in [-0.2, -0.15) is 0 Å². The van der Waals surface area contributed by atoms with E-state index in [2.05, 4.69) is 16.8 Å². The Kier molecular flexibility index (Phi) is 4.06. The maximum Gasteiger partial charge on any atom is 0.129 e. The van der Waals surface area contributed by atoms with Gasteiger partial charge in [-0.25, -0.2) is 8.78 Å². The number of hydrogen-bond donors (Lipinski definition) is 1. The standard InChI is InChI=1S/C18H23F2N3O/c1-22-5-4-11-8-23(9-17(11)22)13-7-16(21)18(24-10-13)14-6-12(19)2-3-15(14)20/h2-3,6,13,16,18H,4-5,7-10,21H2,1H3. The van der Waals surface area contributed by atoms with Gasteiger partial charge in [0.2, 0.25) is 0 Å². The molecule has 3 atom stereocenters. The van der Waals surface area contributed by atoms with Crippen LogP contribution >= 0.6 is 0 Å². The van der Waals surface area contributed by atoms with Crippen LogP contribution in [0.1, 0.15) is 24.5 Å². The number of nitrogens with two attached hydrogens (primary N) is 1. The molecular weight excluding hydrogens is 312 g/mol. The number of nitrogens with zero attached hydrogens (tertiary/aromatic N) is 2. The first-order valence-corrected chi connectivity index (χ1v) is 8.51. The molecule has 4 rings (SSSR count). The van der Waals surface area contributed by atoms with E-state index in [0.29, 0.717) is 6.61 Å². The molecule has 0 bridgehead atoms. The lowest BCUT2D eigenvalue weighted by molar-refractivity contribution is -0.0472. The molecule has 24 heavy (non-hydrogen) atoms. The summed E-state index contributed by atoms with van der Waals surface area (Å²) in [6.07, 6.45) is 1.28. The molecule has 3 heterocycles. The maximum absolute atomic E-state index is 14.0. The molecule has 0 aliphatic carbocycles. The molecule has 1 fully saturated rings. The topological polar surface area (TPSA) is 41.7 Å². The van der Waals surface area contributed by atoms with Crippen LogP contribution in [0.25, 0.3) is 0 Å². The fourth-order valence-corrected chi connectivity index (χ4v) is 4.16. The molecule has 3 unspecified atom stereocenters. The van der Waals surface area contributed by atoms with Gasteiger partial charge in [-0.15, -0.1) is 0 Å². The summed E-state index contributed by atoms with van der Waals surface area (Å²) in [6, 6.07) is 3.34.